The Hall–Kier alpha value is -0.730. The van der Waals surface area contributed by atoms with Crippen molar-refractivity contribution in [2.45, 2.75) is 30.9 Å². The van der Waals surface area contributed by atoms with Crippen LogP contribution < -0.4 is 11.1 Å². The second-order valence-electron chi connectivity index (χ2n) is 3.69. The lowest BCUT2D eigenvalue weighted by molar-refractivity contribution is -0.190. The Labute approximate surface area is 86.8 Å². The number of nitrogens with one attached hydrogen (secondary N) is 1. The molecule has 6 N–H and O–H groups in total. The Balaban J connectivity index is 2.74. The van der Waals surface area contributed by atoms with Gasteiger partial charge in [-0.15, -0.1) is 0 Å². The van der Waals surface area contributed by atoms with Crippen molar-refractivity contribution in [1.82, 2.24) is 5.32 Å². The lowest BCUT2D eigenvalue weighted by Gasteiger charge is -2.43. The van der Waals surface area contributed by atoms with Gasteiger partial charge in [-0.1, -0.05) is 0 Å². The second-order valence-corrected chi connectivity index (χ2v) is 3.69. The van der Waals surface area contributed by atoms with Gasteiger partial charge in [-0.2, -0.15) is 0 Å². The van der Waals surface area contributed by atoms with Gasteiger partial charge in [0.05, 0.1) is 13.2 Å². The molecule has 1 saturated heterocycles. The molecule has 4 atom stereocenters. The van der Waals surface area contributed by atoms with Gasteiger partial charge in [0.2, 0.25) is 5.91 Å². The van der Waals surface area contributed by atoms with Crippen LogP contribution in [0.4, 0.5) is 0 Å². The van der Waals surface area contributed by atoms with Gasteiger partial charge in [0, 0.05) is 6.92 Å². The SMILES string of the molecule is CC(=O)N[C@@]1(N)CO[C@H](CO)[C@@H](O)[C@@H]1O. The van der Waals surface area contributed by atoms with Crippen molar-refractivity contribution in [1.29, 1.82) is 0 Å². The molecule has 1 rings (SSSR count). The normalized spacial score (nSPS) is 41.3. The molecule has 0 bridgehead atoms. The molecule has 1 aliphatic rings. The number of rotatable bonds is 2. The van der Waals surface area contributed by atoms with E-state index >= 15 is 0 Å². The van der Waals surface area contributed by atoms with E-state index in [1.165, 1.54) is 6.92 Å². The topological polar surface area (TPSA) is 125 Å². The van der Waals surface area contributed by atoms with Crippen molar-refractivity contribution in [3.8, 4) is 0 Å². The molecule has 0 aromatic carbocycles. The first-order valence-corrected chi connectivity index (χ1v) is 4.57. The molecule has 0 aliphatic carbocycles. The summed E-state index contributed by atoms with van der Waals surface area (Å²) in [6, 6.07) is 0. The van der Waals surface area contributed by atoms with E-state index in [9.17, 15) is 15.0 Å². The zero-order valence-electron chi connectivity index (χ0n) is 8.38. The number of aliphatic hydroxyl groups is 3. The van der Waals surface area contributed by atoms with Crippen LogP contribution in [-0.2, 0) is 9.53 Å². The lowest BCUT2D eigenvalue weighted by Crippen LogP contribution is -2.73. The molecular formula is C8H16N2O5. The van der Waals surface area contributed by atoms with Gasteiger partial charge in [-0.25, -0.2) is 0 Å². The van der Waals surface area contributed by atoms with E-state index in [4.69, 9.17) is 15.6 Å². The Morgan fingerprint density at radius 1 is 1.67 bits per heavy atom. The summed E-state index contributed by atoms with van der Waals surface area (Å²) in [5.74, 6) is -0.435. The number of nitrogens with two attached hydrogens (primary N) is 1. The fraction of sp³-hybridized carbons (Fsp3) is 0.875. The molecule has 1 aliphatic heterocycles. The van der Waals surface area contributed by atoms with E-state index in [0.29, 0.717) is 0 Å². The summed E-state index contributed by atoms with van der Waals surface area (Å²) >= 11 is 0. The van der Waals surface area contributed by atoms with Crippen molar-refractivity contribution in [3.05, 3.63) is 0 Å². The van der Waals surface area contributed by atoms with E-state index in [1.807, 2.05) is 0 Å². The number of carbonyl (C=O) groups is 1. The lowest BCUT2D eigenvalue weighted by atomic mass is 9.93. The number of ether oxygens (including phenoxy) is 1. The first-order chi connectivity index (χ1) is 6.90. The monoisotopic (exact) mass is 220 g/mol. The molecule has 0 saturated carbocycles. The average Bonchev–Trinajstić information content (AvgIpc) is 2.14. The summed E-state index contributed by atoms with van der Waals surface area (Å²) in [7, 11) is 0. The molecular weight excluding hydrogens is 204 g/mol. The maximum Gasteiger partial charge on any atom is 0.218 e. The van der Waals surface area contributed by atoms with Crippen LogP contribution in [0.25, 0.3) is 0 Å². The summed E-state index contributed by atoms with van der Waals surface area (Å²) in [6.45, 7) is 0.649. The van der Waals surface area contributed by atoms with Crippen LogP contribution in [0.1, 0.15) is 6.92 Å². The molecule has 7 nitrogen and oxygen atoms in total. The van der Waals surface area contributed by atoms with Gasteiger partial charge in [-0.3, -0.25) is 4.79 Å². The second kappa shape index (κ2) is 4.42. The van der Waals surface area contributed by atoms with Gasteiger partial charge in [0.15, 0.2) is 0 Å². The standard InChI is InChI=1S/C8H16N2O5/c1-4(12)10-8(9)3-15-5(2-11)6(13)7(8)14/h5-7,11,13-14H,2-3,9H2,1H3,(H,10,12)/t5-,6-,7+,8+/m1/s1. The predicted octanol–water partition coefficient (Wildman–Crippen LogP) is -3.11. The molecule has 7 heteroatoms. The van der Waals surface area contributed by atoms with E-state index in [1.54, 1.807) is 0 Å². The highest BCUT2D eigenvalue weighted by atomic mass is 16.5. The molecule has 0 aromatic rings. The van der Waals surface area contributed by atoms with Crippen LogP contribution in [0.3, 0.4) is 0 Å². The summed E-state index contributed by atoms with van der Waals surface area (Å²) in [6.07, 6.45) is -3.60. The van der Waals surface area contributed by atoms with Crippen LogP contribution in [-0.4, -0.2) is 58.4 Å². The number of carbonyl (C=O) groups excluding carboxylic acids is 1. The molecule has 1 fully saturated rings. The first kappa shape index (κ1) is 12.3. The number of aliphatic hydroxyl groups excluding tert-OH is 3. The molecule has 0 aromatic heterocycles. The van der Waals surface area contributed by atoms with Crippen molar-refractivity contribution < 1.29 is 24.9 Å². The average molecular weight is 220 g/mol. The Kier molecular flexibility index (Phi) is 3.63. The third kappa shape index (κ3) is 2.44. The fourth-order valence-electron chi connectivity index (χ4n) is 1.54. The Bertz CT molecular complexity index is 249. The summed E-state index contributed by atoms with van der Waals surface area (Å²) in [5.41, 5.74) is 4.15. The summed E-state index contributed by atoms with van der Waals surface area (Å²) in [5, 5.41) is 30.3. The molecule has 0 spiro atoms. The Morgan fingerprint density at radius 3 is 2.73 bits per heavy atom. The molecule has 0 unspecified atom stereocenters. The number of hydrogen-bond acceptors (Lipinski definition) is 6. The third-order valence-corrected chi connectivity index (χ3v) is 2.36. The van der Waals surface area contributed by atoms with Crippen molar-refractivity contribution >= 4 is 5.91 Å². The molecule has 15 heavy (non-hydrogen) atoms. The van der Waals surface area contributed by atoms with Crippen molar-refractivity contribution in [2.75, 3.05) is 13.2 Å². The highest BCUT2D eigenvalue weighted by Gasteiger charge is 2.47. The quantitative estimate of drug-likeness (QED) is 0.314. The van der Waals surface area contributed by atoms with Gasteiger partial charge >= 0.3 is 0 Å². The minimum atomic E-state index is -1.52. The first-order valence-electron chi connectivity index (χ1n) is 4.57. The number of hydrogen-bond donors (Lipinski definition) is 5. The highest BCUT2D eigenvalue weighted by Crippen LogP contribution is 2.20. The van der Waals surface area contributed by atoms with Crippen molar-refractivity contribution in [3.63, 3.8) is 0 Å². The van der Waals surface area contributed by atoms with Crippen molar-refractivity contribution in [2.24, 2.45) is 5.73 Å². The van der Waals surface area contributed by atoms with Gasteiger partial charge < -0.3 is 31.1 Å². The molecule has 1 heterocycles. The smallest absolute Gasteiger partial charge is 0.218 e. The molecule has 1 amide bonds. The molecule has 88 valence electrons. The molecule has 0 radical (unpaired) electrons. The van der Waals surface area contributed by atoms with Crippen LogP contribution in [0, 0.1) is 0 Å². The minimum Gasteiger partial charge on any atom is -0.394 e. The van der Waals surface area contributed by atoms with Crippen LogP contribution in [0.15, 0.2) is 0 Å². The van der Waals surface area contributed by atoms with Crippen LogP contribution >= 0.6 is 0 Å². The zero-order chi connectivity index (χ0) is 11.6. The Morgan fingerprint density at radius 2 is 2.27 bits per heavy atom. The zero-order valence-corrected chi connectivity index (χ0v) is 8.38. The van der Waals surface area contributed by atoms with E-state index < -0.39 is 36.5 Å². The van der Waals surface area contributed by atoms with E-state index in [2.05, 4.69) is 5.32 Å². The van der Waals surface area contributed by atoms with Crippen LogP contribution in [0.2, 0.25) is 0 Å². The highest BCUT2D eigenvalue weighted by molar-refractivity contribution is 5.73. The van der Waals surface area contributed by atoms with Gasteiger partial charge in [0.1, 0.15) is 24.0 Å². The maximum absolute atomic E-state index is 10.8. The van der Waals surface area contributed by atoms with Gasteiger partial charge in [-0.05, 0) is 0 Å². The van der Waals surface area contributed by atoms with E-state index in [0.717, 1.165) is 0 Å². The minimum absolute atomic E-state index is 0.171. The largest absolute Gasteiger partial charge is 0.394 e. The van der Waals surface area contributed by atoms with Crippen LogP contribution in [0.5, 0.6) is 0 Å². The predicted molar refractivity (Wildman–Crippen MR) is 49.6 cm³/mol. The summed E-state index contributed by atoms with van der Waals surface area (Å²) in [4.78, 5) is 10.8. The maximum atomic E-state index is 10.8. The third-order valence-electron chi connectivity index (χ3n) is 2.36. The fourth-order valence-corrected chi connectivity index (χ4v) is 1.54. The van der Waals surface area contributed by atoms with Gasteiger partial charge in [0.25, 0.3) is 0 Å². The van der Waals surface area contributed by atoms with E-state index in [-0.39, 0.29) is 6.61 Å². The number of amides is 1. The summed E-state index contributed by atoms with van der Waals surface area (Å²) < 4.78 is 5.03.